The number of benzene rings is 1. The van der Waals surface area contributed by atoms with Crippen LogP contribution in [0, 0.1) is 0 Å². The molecule has 1 aromatic carbocycles. The molecule has 136 valence electrons. The van der Waals surface area contributed by atoms with Crippen LogP contribution in [0.25, 0.3) is 5.69 Å². The molecule has 0 fully saturated rings. The van der Waals surface area contributed by atoms with Gasteiger partial charge in [0.05, 0.1) is 17.4 Å². The zero-order chi connectivity index (χ0) is 19.0. The second kappa shape index (κ2) is 6.51. The molecule has 0 saturated heterocycles. The lowest BCUT2D eigenvalue weighted by Crippen LogP contribution is -2.41. The zero-order valence-electron chi connectivity index (χ0n) is 14.7. The number of hydrazone groups is 1. The lowest BCUT2D eigenvalue weighted by atomic mass is 10.0. The molecule has 0 saturated carbocycles. The van der Waals surface area contributed by atoms with Crippen LogP contribution in [-0.2, 0) is 15.3 Å². The Hall–Kier alpha value is -3.19. The van der Waals surface area contributed by atoms with Gasteiger partial charge in [-0.3, -0.25) is 9.78 Å². The molecule has 3 heterocycles. The van der Waals surface area contributed by atoms with Crippen molar-refractivity contribution in [1.29, 1.82) is 0 Å². The second-order valence-electron chi connectivity index (χ2n) is 6.18. The number of rotatable bonds is 3. The topological polar surface area (TPSA) is 72.6 Å². The van der Waals surface area contributed by atoms with Crippen molar-refractivity contribution in [3.8, 4) is 5.69 Å². The van der Waals surface area contributed by atoms with Crippen molar-refractivity contribution < 1.29 is 9.53 Å². The zero-order valence-corrected chi connectivity index (χ0v) is 15.5. The Labute approximate surface area is 160 Å². The molecule has 1 aliphatic rings. The van der Waals surface area contributed by atoms with Crippen LogP contribution in [0.15, 0.2) is 66.2 Å². The number of ether oxygens (including phenoxy) is 1. The van der Waals surface area contributed by atoms with E-state index in [9.17, 15) is 4.79 Å². The number of hydrogen-bond acceptors (Lipinski definition) is 5. The van der Waals surface area contributed by atoms with Crippen molar-refractivity contribution >= 4 is 23.4 Å². The predicted octanol–water partition coefficient (Wildman–Crippen LogP) is 3.33. The molecule has 7 nitrogen and oxygen atoms in total. The second-order valence-corrected chi connectivity index (χ2v) is 6.53. The van der Waals surface area contributed by atoms with Gasteiger partial charge in [-0.1, -0.05) is 41.9 Å². The summed E-state index contributed by atoms with van der Waals surface area (Å²) in [6, 6.07) is 13.1. The van der Waals surface area contributed by atoms with Gasteiger partial charge in [0.2, 0.25) is 17.5 Å². The first-order valence-electron chi connectivity index (χ1n) is 8.29. The Morgan fingerprint density at radius 2 is 1.96 bits per heavy atom. The van der Waals surface area contributed by atoms with Crippen molar-refractivity contribution in [3.05, 3.63) is 77.3 Å². The molecule has 4 rings (SSSR count). The number of amides is 1. The number of hydrogen-bond donors (Lipinski definition) is 0. The minimum atomic E-state index is -1.07. The van der Waals surface area contributed by atoms with E-state index >= 15 is 0 Å². The maximum absolute atomic E-state index is 12.2. The van der Waals surface area contributed by atoms with Crippen LogP contribution in [0.1, 0.15) is 25.0 Å². The van der Waals surface area contributed by atoms with Crippen LogP contribution < -0.4 is 0 Å². The molecule has 27 heavy (non-hydrogen) atoms. The van der Waals surface area contributed by atoms with Crippen LogP contribution >= 0.6 is 11.6 Å². The number of pyridine rings is 1. The molecule has 3 aromatic rings. The number of carbonyl (C=O) groups is 1. The summed E-state index contributed by atoms with van der Waals surface area (Å²) in [4.78, 5) is 16.3. The van der Waals surface area contributed by atoms with Crippen molar-refractivity contribution in [3.63, 3.8) is 0 Å². The lowest BCUT2D eigenvalue weighted by molar-refractivity contribution is -0.146. The normalized spacial score (nSPS) is 18.9. The molecule has 8 heteroatoms. The van der Waals surface area contributed by atoms with E-state index in [1.165, 1.54) is 11.9 Å². The van der Waals surface area contributed by atoms with Crippen LogP contribution in [0.5, 0.6) is 0 Å². The summed E-state index contributed by atoms with van der Waals surface area (Å²) in [7, 11) is 0. The third-order valence-electron chi connectivity index (χ3n) is 4.31. The van der Waals surface area contributed by atoms with Gasteiger partial charge in [-0.15, -0.1) is 5.10 Å². The van der Waals surface area contributed by atoms with Crippen LogP contribution in [0.4, 0.5) is 0 Å². The molecule has 1 atom stereocenters. The monoisotopic (exact) mass is 381 g/mol. The Kier molecular flexibility index (Phi) is 4.16. The highest BCUT2D eigenvalue weighted by molar-refractivity contribution is 6.32. The Bertz CT molecular complexity index is 1020. The number of carbonyl (C=O) groups excluding carboxylic acids is 1. The lowest BCUT2D eigenvalue weighted by Gasteiger charge is -2.30. The summed E-state index contributed by atoms with van der Waals surface area (Å²) in [5.74, 6) is -0.0104. The van der Waals surface area contributed by atoms with Crippen molar-refractivity contribution in [2.45, 2.75) is 19.6 Å². The van der Waals surface area contributed by atoms with Crippen LogP contribution in [-0.4, -0.2) is 31.6 Å². The van der Waals surface area contributed by atoms with E-state index in [1.54, 1.807) is 36.3 Å². The smallest absolute Gasteiger partial charge is 0.246 e. The van der Waals surface area contributed by atoms with Gasteiger partial charge >= 0.3 is 0 Å². The van der Waals surface area contributed by atoms with Gasteiger partial charge in [0.15, 0.2) is 5.15 Å². The van der Waals surface area contributed by atoms with Gasteiger partial charge in [-0.25, -0.2) is 4.68 Å². The fourth-order valence-electron chi connectivity index (χ4n) is 2.96. The highest BCUT2D eigenvalue weighted by Gasteiger charge is 2.45. The average Bonchev–Trinajstić information content (AvgIpc) is 3.24. The largest absolute Gasteiger partial charge is 0.443 e. The standard InChI is InChI=1S/C19H16ClN5O2/c1-13(26)25-19(2,14-7-4-3-5-8-14)27-18(23-25)16-12-24(22-17(16)20)15-9-6-10-21-11-15/h3-12H,1-2H3. The van der Waals surface area contributed by atoms with E-state index in [1.807, 2.05) is 36.4 Å². The third kappa shape index (κ3) is 2.96. The highest BCUT2D eigenvalue weighted by atomic mass is 35.5. The SMILES string of the molecule is CC(=O)N1N=C(c2cn(-c3cccnc3)nc2Cl)OC1(C)c1ccccc1. The Morgan fingerprint density at radius 3 is 2.63 bits per heavy atom. The average molecular weight is 382 g/mol. The quantitative estimate of drug-likeness (QED) is 0.697. The summed E-state index contributed by atoms with van der Waals surface area (Å²) >= 11 is 6.32. The number of nitrogens with zero attached hydrogens (tertiary/aromatic N) is 5. The first kappa shape index (κ1) is 17.2. The molecule has 0 radical (unpaired) electrons. The summed E-state index contributed by atoms with van der Waals surface area (Å²) < 4.78 is 7.72. The molecular formula is C19H16ClN5O2. The molecule has 2 aromatic heterocycles. The minimum Gasteiger partial charge on any atom is -0.443 e. The molecule has 0 N–H and O–H groups in total. The van der Waals surface area contributed by atoms with Crippen molar-refractivity contribution in [1.82, 2.24) is 19.8 Å². The summed E-state index contributed by atoms with van der Waals surface area (Å²) in [6.45, 7) is 3.23. The molecule has 1 aliphatic heterocycles. The maximum atomic E-state index is 12.2. The molecule has 1 unspecified atom stereocenters. The maximum Gasteiger partial charge on any atom is 0.246 e. The minimum absolute atomic E-state index is 0.221. The van der Waals surface area contributed by atoms with Crippen LogP contribution in [0.2, 0.25) is 5.15 Å². The van der Waals surface area contributed by atoms with Gasteiger partial charge in [0, 0.05) is 31.8 Å². The van der Waals surface area contributed by atoms with Crippen molar-refractivity contribution in [2.75, 3.05) is 0 Å². The molecular weight excluding hydrogens is 366 g/mol. The number of halogens is 1. The van der Waals surface area contributed by atoms with Gasteiger partial charge in [0.25, 0.3) is 0 Å². The molecule has 1 amide bonds. The summed E-state index contributed by atoms with van der Waals surface area (Å²) in [6.07, 6.45) is 5.04. The van der Waals surface area contributed by atoms with E-state index in [4.69, 9.17) is 16.3 Å². The van der Waals surface area contributed by atoms with E-state index < -0.39 is 5.72 Å². The predicted molar refractivity (Wildman–Crippen MR) is 100 cm³/mol. The van der Waals surface area contributed by atoms with Crippen LogP contribution in [0.3, 0.4) is 0 Å². The molecule has 0 bridgehead atoms. The van der Waals surface area contributed by atoms with E-state index in [-0.39, 0.29) is 17.0 Å². The summed E-state index contributed by atoms with van der Waals surface area (Å²) in [5, 5.41) is 10.2. The molecule has 0 spiro atoms. The highest BCUT2D eigenvalue weighted by Crippen LogP contribution is 2.37. The first-order chi connectivity index (χ1) is 13.0. The van der Waals surface area contributed by atoms with E-state index in [0.717, 1.165) is 11.3 Å². The Balaban J connectivity index is 1.74. The molecule has 0 aliphatic carbocycles. The number of aromatic nitrogens is 3. The first-order valence-corrected chi connectivity index (χ1v) is 8.67. The fourth-order valence-corrected chi connectivity index (χ4v) is 3.18. The van der Waals surface area contributed by atoms with Crippen molar-refractivity contribution in [2.24, 2.45) is 5.10 Å². The van der Waals surface area contributed by atoms with E-state index in [2.05, 4.69) is 15.2 Å². The Morgan fingerprint density at radius 1 is 1.19 bits per heavy atom. The van der Waals surface area contributed by atoms with Gasteiger partial charge in [0.1, 0.15) is 0 Å². The summed E-state index contributed by atoms with van der Waals surface area (Å²) in [5.41, 5.74) is 0.974. The van der Waals surface area contributed by atoms with E-state index in [0.29, 0.717) is 5.56 Å². The van der Waals surface area contributed by atoms with Gasteiger partial charge in [-0.05, 0) is 12.1 Å². The van der Waals surface area contributed by atoms with Gasteiger partial charge in [-0.2, -0.15) is 10.1 Å². The van der Waals surface area contributed by atoms with Gasteiger partial charge < -0.3 is 4.74 Å². The third-order valence-corrected chi connectivity index (χ3v) is 4.59. The fraction of sp³-hybridized carbons (Fsp3) is 0.158.